The smallest absolute Gasteiger partial charge is 0.246 e. The molecule has 4 rings (SSSR count). The number of rotatable bonds is 7. The number of nitrogens with one attached hydrogen (secondary N) is 1. The van der Waals surface area contributed by atoms with E-state index in [0.29, 0.717) is 18.1 Å². The van der Waals surface area contributed by atoms with Crippen LogP contribution in [0, 0.1) is 0 Å². The summed E-state index contributed by atoms with van der Waals surface area (Å²) in [6.07, 6.45) is 5.17. The second-order valence-electron chi connectivity index (χ2n) is 5.97. The monoisotopic (exact) mass is 376 g/mol. The van der Waals surface area contributed by atoms with Gasteiger partial charge in [-0.2, -0.15) is 4.98 Å². The van der Waals surface area contributed by atoms with Crippen molar-refractivity contribution in [2.45, 2.75) is 19.0 Å². The molecule has 0 radical (unpaired) electrons. The lowest BCUT2D eigenvalue weighted by atomic mass is 10.1. The Kier molecular flexibility index (Phi) is 5.09. The Morgan fingerprint density at radius 2 is 2.07 bits per heavy atom. The minimum Gasteiger partial charge on any atom is -0.345 e. The Morgan fingerprint density at radius 1 is 1.18 bits per heavy atom. The maximum absolute atomic E-state index is 12.8. The van der Waals surface area contributed by atoms with Crippen molar-refractivity contribution in [2.75, 3.05) is 0 Å². The number of benzene rings is 1. The van der Waals surface area contributed by atoms with Crippen molar-refractivity contribution in [3.8, 4) is 11.4 Å². The Bertz CT molecular complexity index is 1020. The summed E-state index contributed by atoms with van der Waals surface area (Å²) < 4.78 is 6.64. The lowest BCUT2D eigenvalue weighted by molar-refractivity contribution is -0.124. The molecule has 1 amide bonds. The van der Waals surface area contributed by atoms with E-state index in [1.54, 1.807) is 18.5 Å². The highest BCUT2D eigenvalue weighted by Gasteiger charge is 2.23. The van der Waals surface area contributed by atoms with Gasteiger partial charge in [0.2, 0.25) is 17.6 Å². The van der Waals surface area contributed by atoms with Crippen LogP contribution in [0.5, 0.6) is 0 Å². The average molecular weight is 376 g/mol. The van der Waals surface area contributed by atoms with Gasteiger partial charge >= 0.3 is 0 Å². The molecule has 10 nitrogen and oxygen atoms in total. The number of carbonyl (C=O) groups is 1. The highest BCUT2D eigenvalue weighted by molar-refractivity contribution is 5.80. The molecule has 4 aromatic rings. The molecule has 0 aliphatic heterocycles. The first-order chi connectivity index (χ1) is 13.8. The van der Waals surface area contributed by atoms with Gasteiger partial charge in [0.05, 0.1) is 6.54 Å². The van der Waals surface area contributed by atoms with Gasteiger partial charge in [0.15, 0.2) is 0 Å². The molecule has 1 atom stereocenters. The van der Waals surface area contributed by atoms with Crippen LogP contribution in [0.2, 0.25) is 0 Å². The predicted molar refractivity (Wildman–Crippen MR) is 96.4 cm³/mol. The summed E-state index contributed by atoms with van der Waals surface area (Å²) in [7, 11) is 0. The first kappa shape index (κ1) is 17.5. The van der Waals surface area contributed by atoms with Crippen molar-refractivity contribution in [3.05, 3.63) is 72.6 Å². The first-order valence-corrected chi connectivity index (χ1v) is 8.56. The fourth-order valence-corrected chi connectivity index (χ4v) is 2.67. The molecule has 0 spiro atoms. The third-order valence-corrected chi connectivity index (χ3v) is 4.06. The number of nitrogens with zero attached hydrogens (tertiary/aromatic N) is 7. The van der Waals surface area contributed by atoms with Gasteiger partial charge in [-0.3, -0.25) is 9.78 Å². The minimum atomic E-state index is -0.599. The molecule has 1 aromatic carbocycles. The molecule has 10 heteroatoms. The summed E-state index contributed by atoms with van der Waals surface area (Å²) in [6, 6.07) is 12.7. The molecule has 0 saturated heterocycles. The third-order valence-electron chi connectivity index (χ3n) is 4.06. The molecule has 1 N–H and O–H groups in total. The van der Waals surface area contributed by atoms with E-state index in [2.05, 4.69) is 36.0 Å². The lowest BCUT2D eigenvalue weighted by Gasteiger charge is -2.15. The summed E-state index contributed by atoms with van der Waals surface area (Å²) in [5, 5.41) is 17.8. The summed E-state index contributed by atoms with van der Waals surface area (Å²) in [6.45, 7) is 0.0967. The molecule has 0 aliphatic rings. The zero-order chi connectivity index (χ0) is 19.2. The van der Waals surface area contributed by atoms with E-state index >= 15 is 0 Å². The predicted octanol–water partition coefficient (Wildman–Crippen LogP) is 1.22. The fourth-order valence-electron chi connectivity index (χ4n) is 2.67. The van der Waals surface area contributed by atoms with Crippen LogP contribution in [0.15, 0.2) is 65.7 Å². The van der Waals surface area contributed by atoms with Crippen LogP contribution < -0.4 is 5.32 Å². The zero-order valence-electron chi connectivity index (χ0n) is 14.7. The Morgan fingerprint density at radius 3 is 2.82 bits per heavy atom. The van der Waals surface area contributed by atoms with Crippen LogP contribution in [-0.2, 0) is 17.8 Å². The van der Waals surface area contributed by atoms with E-state index in [9.17, 15) is 4.79 Å². The standard InChI is InChI=1S/C18H16N8O2/c27-18(15(26-12-21-24-25-26)9-13-5-2-1-3-6-13)20-11-16-22-17(23-28-16)14-7-4-8-19-10-14/h1-8,10,12,15H,9,11H2,(H,20,27). The van der Waals surface area contributed by atoms with Crippen LogP contribution in [0.1, 0.15) is 17.5 Å². The number of hydrogen-bond acceptors (Lipinski definition) is 8. The van der Waals surface area contributed by atoms with Crippen LogP contribution in [0.25, 0.3) is 11.4 Å². The highest BCUT2D eigenvalue weighted by atomic mass is 16.5. The number of hydrogen-bond donors (Lipinski definition) is 1. The van der Waals surface area contributed by atoms with Gasteiger partial charge in [-0.25, -0.2) is 4.68 Å². The van der Waals surface area contributed by atoms with Gasteiger partial charge in [-0.05, 0) is 28.1 Å². The van der Waals surface area contributed by atoms with Gasteiger partial charge in [0, 0.05) is 24.4 Å². The topological polar surface area (TPSA) is 125 Å². The molecule has 140 valence electrons. The maximum atomic E-state index is 12.8. The van der Waals surface area contributed by atoms with Crippen molar-refractivity contribution in [3.63, 3.8) is 0 Å². The summed E-state index contributed by atoms with van der Waals surface area (Å²) in [5.41, 5.74) is 1.73. The van der Waals surface area contributed by atoms with Crippen molar-refractivity contribution in [2.24, 2.45) is 0 Å². The van der Waals surface area contributed by atoms with Crippen molar-refractivity contribution in [1.29, 1.82) is 0 Å². The summed E-state index contributed by atoms with van der Waals surface area (Å²) in [5.74, 6) is 0.457. The lowest BCUT2D eigenvalue weighted by Crippen LogP contribution is -2.34. The number of aromatic nitrogens is 7. The van der Waals surface area contributed by atoms with Crippen LogP contribution >= 0.6 is 0 Å². The Hall–Kier alpha value is -3.95. The van der Waals surface area contributed by atoms with Crippen molar-refractivity contribution >= 4 is 5.91 Å². The molecular formula is C18H16N8O2. The van der Waals surface area contributed by atoms with E-state index in [4.69, 9.17) is 4.52 Å². The van der Waals surface area contributed by atoms with Crippen molar-refractivity contribution < 1.29 is 9.32 Å². The second-order valence-corrected chi connectivity index (χ2v) is 5.97. The number of pyridine rings is 1. The zero-order valence-corrected chi connectivity index (χ0v) is 14.7. The average Bonchev–Trinajstić information content (AvgIpc) is 3.44. The second kappa shape index (κ2) is 8.16. The maximum Gasteiger partial charge on any atom is 0.246 e. The van der Waals surface area contributed by atoms with Crippen LogP contribution in [0.4, 0.5) is 0 Å². The van der Waals surface area contributed by atoms with Crippen LogP contribution in [-0.4, -0.2) is 41.2 Å². The van der Waals surface area contributed by atoms with Crippen molar-refractivity contribution in [1.82, 2.24) is 40.6 Å². The molecule has 3 aromatic heterocycles. The molecule has 0 fully saturated rings. The number of tetrazole rings is 1. The number of carbonyl (C=O) groups excluding carboxylic acids is 1. The summed E-state index contributed by atoms with van der Waals surface area (Å²) >= 11 is 0. The largest absolute Gasteiger partial charge is 0.345 e. The normalized spacial score (nSPS) is 11.9. The van der Waals surface area contributed by atoms with Gasteiger partial charge in [-0.1, -0.05) is 35.5 Å². The first-order valence-electron chi connectivity index (χ1n) is 8.56. The molecule has 0 aliphatic carbocycles. The molecule has 3 heterocycles. The molecular weight excluding hydrogens is 360 g/mol. The summed E-state index contributed by atoms with van der Waals surface area (Å²) in [4.78, 5) is 21.1. The van der Waals surface area contributed by atoms with Gasteiger partial charge in [0.1, 0.15) is 12.4 Å². The minimum absolute atomic E-state index is 0.0967. The van der Waals surface area contributed by atoms with Gasteiger partial charge in [0.25, 0.3) is 0 Å². The molecule has 1 unspecified atom stereocenters. The molecule has 0 saturated carbocycles. The van der Waals surface area contributed by atoms with Gasteiger partial charge in [-0.15, -0.1) is 5.10 Å². The van der Waals surface area contributed by atoms with E-state index in [-0.39, 0.29) is 12.5 Å². The highest BCUT2D eigenvalue weighted by Crippen LogP contribution is 2.15. The molecule has 0 bridgehead atoms. The SMILES string of the molecule is O=C(NCc1nc(-c2cccnc2)no1)C(Cc1ccccc1)n1cnnn1. The Labute approximate surface area is 159 Å². The molecule has 28 heavy (non-hydrogen) atoms. The van der Waals surface area contributed by atoms with Crippen LogP contribution in [0.3, 0.4) is 0 Å². The third kappa shape index (κ3) is 4.06. The Balaban J connectivity index is 1.44. The number of amides is 1. The van der Waals surface area contributed by atoms with E-state index in [1.165, 1.54) is 11.0 Å². The van der Waals surface area contributed by atoms with E-state index in [0.717, 1.165) is 11.1 Å². The quantitative estimate of drug-likeness (QED) is 0.510. The fraction of sp³-hybridized carbons (Fsp3) is 0.167. The van der Waals surface area contributed by atoms with E-state index in [1.807, 2.05) is 36.4 Å². The van der Waals surface area contributed by atoms with E-state index < -0.39 is 6.04 Å². The van der Waals surface area contributed by atoms with Gasteiger partial charge < -0.3 is 9.84 Å².